The minimum Gasteiger partial charge on any atom is -0.310 e. The summed E-state index contributed by atoms with van der Waals surface area (Å²) in [5.41, 5.74) is 14.0. The topological polar surface area (TPSA) is 8.17 Å². The first-order valence-electron chi connectivity index (χ1n) is 19.4. The van der Waals surface area contributed by atoms with Crippen LogP contribution >= 0.6 is 11.3 Å². The van der Waals surface area contributed by atoms with Crippen molar-refractivity contribution >= 4 is 70.4 Å². The van der Waals surface area contributed by atoms with E-state index in [0.29, 0.717) is 0 Å². The first-order valence-corrected chi connectivity index (χ1v) is 20.2. The minimum atomic E-state index is 1.10. The largest absolute Gasteiger partial charge is 0.310 e. The molecule has 268 valence electrons. The standard InChI is InChI=1S/C54H36N2S/c1-3-15-37(16-4-1)40-33-41(38-17-5-2-6-18-38)35-44(34-40)55(43-31-32-49-48-22-10-14-26-53(48)57-54(49)36-43)42-29-27-39(28-30-42)45-19-7-11-23-50(45)56-51-24-12-8-20-46(51)47-21-9-13-25-52(47)56/h1-36H. The molecule has 0 aliphatic heterocycles. The van der Waals surface area contributed by atoms with Crippen LogP contribution in [0.4, 0.5) is 17.1 Å². The van der Waals surface area contributed by atoms with Crippen molar-refractivity contribution < 1.29 is 0 Å². The van der Waals surface area contributed by atoms with Gasteiger partial charge in [0.15, 0.2) is 0 Å². The van der Waals surface area contributed by atoms with Gasteiger partial charge in [-0.3, -0.25) is 0 Å². The predicted molar refractivity (Wildman–Crippen MR) is 245 cm³/mol. The molecule has 0 amide bonds. The van der Waals surface area contributed by atoms with Crippen LogP contribution in [0.1, 0.15) is 0 Å². The molecule has 2 nitrogen and oxygen atoms in total. The number of rotatable bonds is 7. The number of aromatic nitrogens is 1. The molecule has 0 atom stereocenters. The zero-order valence-electron chi connectivity index (χ0n) is 31.1. The van der Waals surface area contributed by atoms with E-state index in [1.54, 1.807) is 0 Å². The minimum absolute atomic E-state index is 1.10. The van der Waals surface area contributed by atoms with Crippen molar-refractivity contribution in [2.45, 2.75) is 0 Å². The molecule has 0 aliphatic rings. The predicted octanol–water partition coefficient (Wildman–Crippen LogP) is 15.6. The van der Waals surface area contributed by atoms with Gasteiger partial charge in [0.05, 0.1) is 16.7 Å². The first kappa shape index (κ1) is 33.2. The van der Waals surface area contributed by atoms with E-state index in [2.05, 4.69) is 228 Å². The van der Waals surface area contributed by atoms with Crippen molar-refractivity contribution in [3.8, 4) is 39.1 Å². The molecule has 0 fully saturated rings. The fourth-order valence-electron chi connectivity index (χ4n) is 8.52. The van der Waals surface area contributed by atoms with Gasteiger partial charge in [0, 0.05) is 53.6 Å². The number of hydrogen-bond donors (Lipinski definition) is 0. The highest BCUT2D eigenvalue weighted by Gasteiger charge is 2.19. The molecule has 11 aromatic rings. The summed E-state index contributed by atoms with van der Waals surface area (Å²) in [4.78, 5) is 2.42. The van der Waals surface area contributed by atoms with Crippen LogP contribution in [-0.4, -0.2) is 4.57 Å². The van der Waals surface area contributed by atoms with Crippen molar-refractivity contribution in [2.75, 3.05) is 4.90 Å². The van der Waals surface area contributed by atoms with Gasteiger partial charge in [0.25, 0.3) is 0 Å². The van der Waals surface area contributed by atoms with Gasteiger partial charge < -0.3 is 9.47 Å². The highest BCUT2D eigenvalue weighted by molar-refractivity contribution is 7.25. The third-order valence-corrected chi connectivity index (χ3v) is 12.3. The second-order valence-electron chi connectivity index (χ2n) is 14.5. The quantitative estimate of drug-likeness (QED) is 0.158. The van der Waals surface area contributed by atoms with E-state index in [0.717, 1.165) is 22.7 Å². The Kier molecular flexibility index (Phi) is 8.04. The lowest BCUT2D eigenvalue weighted by molar-refractivity contribution is 1.18. The van der Waals surface area contributed by atoms with Crippen LogP contribution in [0.25, 0.3) is 81.0 Å². The van der Waals surface area contributed by atoms with Crippen molar-refractivity contribution in [2.24, 2.45) is 0 Å². The van der Waals surface area contributed by atoms with Gasteiger partial charge in [0.1, 0.15) is 0 Å². The molecule has 0 saturated heterocycles. The summed E-state index contributed by atoms with van der Waals surface area (Å²) in [7, 11) is 0. The van der Waals surface area contributed by atoms with Crippen molar-refractivity contribution in [3.63, 3.8) is 0 Å². The summed E-state index contributed by atoms with van der Waals surface area (Å²) >= 11 is 1.86. The van der Waals surface area contributed by atoms with E-state index in [-0.39, 0.29) is 0 Å². The van der Waals surface area contributed by atoms with Gasteiger partial charge in [-0.1, -0.05) is 152 Å². The third-order valence-electron chi connectivity index (χ3n) is 11.2. The van der Waals surface area contributed by atoms with E-state index in [1.807, 2.05) is 11.3 Å². The van der Waals surface area contributed by atoms with Gasteiger partial charge in [-0.05, 0) is 94.5 Å². The van der Waals surface area contributed by atoms with E-state index in [1.165, 1.54) is 75.4 Å². The lowest BCUT2D eigenvalue weighted by Crippen LogP contribution is -2.10. The van der Waals surface area contributed by atoms with Gasteiger partial charge in [-0.25, -0.2) is 0 Å². The Bertz CT molecular complexity index is 3120. The van der Waals surface area contributed by atoms with E-state index in [9.17, 15) is 0 Å². The smallest absolute Gasteiger partial charge is 0.0541 e. The molecular formula is C54H36N2S. The molecule has 0 saturated carbocycles. The van der Waals surface area contributed by atoms with E-state index < -0.39 is 0 Å². The lowest BCUT2D eigenvalue weighted by Gasteiger charge is -2.27. The Hall–Kier alpha value is -7.20. The molecule has 0 aliphatic carbocycles. The molecule has 2 aromatic heterocycles. The Morgan fingerprint density at radius 3 is 1.51 bits per heavy atom. The van der Waals surface area contributed by atoms with Crippen LogP contribution in [0, 0.1) is 0 Å². The summed E-state index contributed by atoms with van der Waals surface area (Å²) < 4.78 is 5.00. The second kappa shape index (κ2) is 13.8. The number of fused-ring (bicyclic) bond motifs is 6. The molecule has 11 rings (SSSR count). The van der Waals surface area contributed by atoms with Crippen LogP contribution in [0.3, 0.4) is 0 Å². The lowest BCUT2D eigenvalue weighted by atomic mass is 9.97. The zero-order chi connectivity index (χ0) is 37.7. The Morgan fingerprint density at radius 2 is 0.842 bits per heavy atom. The third kappa shape index (κ3) is 5.80. The summed E-state index contributed by atoms with van der Waals surface area (Å²) in [5, 5.41) is 5.12. The molecule has 9 aromatic carbocycles. The summed E-state index contributed by atoms with van der Waals surface area (Å²) in [6.45, 7) is 0. The fraction of sp³-hybridized carbons (Fsp3) is 0. The Labute approximate surface area is 335 Å². The molecule has 0 radical (unpaired) electrons. The fourth-order valence-corrected chi connectivity index (χ4v) is 9.66. The Balaban J connectivity index is 1.09. The van der Waals surface area contributed by atoms with Crippen molar-refractivity contribution in [3.05, 3.63) is 218 Å². The zero-order valence-corrected chi connectivity index (χ0v) is 31.9. The summed E-state index contributed by atoms with van der Waals surface area (Å²) in [5.74, 6) is 0. The number of anilines is 3. The van der Waals surface area contributed by atoms with Crippen LogP contribution < -0.4 is 4.90 Å². The SMILES string of the molecule is c1ccc(-c2cc(-c3ccccc3)cc(N(c3ccc(-c4ccccc4-n4c5ccccc5c5ccccc54)cc3)c3ccc4c(c3)sc3ccccc34)c2)cc1. The Morgan fingerprint density at radius 1 is 0.316 bits per heavy atom. The van der Waals surface area contributed by atoms with Gasteiger partial charge >= 0.3 is 0 Å². The van der Waals surface area contributed by atoms with Gasteiger partial charge in [-0.2, -0.15) is 0 Å². The molecule has 0 unspecified atom stereocenters. The maximum Gasteiger partial charge on any atom is 0.0541 e. The molecule has 57 heavy (non-hydrogen) atoms. The average Bonchev–Trinajstić information content (AvgIpc) is 3.83. The molecule has 0 N–H and O–H groups in total. The van der Waals surface area contributed by atoms with E-state index in [4.69, 9.17) is 0 Å². The van der Waals surface area contributed by atoms with Crippen LogP contribution in [0.2, 0.25) is 0 Å². The number of benzene rings is 9. The van der Waals surface area contributed by atoms with Crippen molar-refractivity contribution in [1.82, 2.24) is 4.57 Å². The molecule has 0 bridgehead atoms. The molecular weight excluding hydrogens is 709 g/mol. The highest BCUT2D eigenvalue weighted by Crippen LogP contribution is 2.44. The average molecular weight is 745 g/mol. The number of para-hydroxylation sites is 3. The van der Waals surface area contributed by atoms with Crippen LogP contribution in [-0.2, 0) is 0 Å². The van der Waals surface area contributed by atoms with Crippen LogP contribution in [0.5, 0.6) is 0 Å². The molecule has 3 heteroatoms. The number of thiophene rings is 1. The summed E-state index contributed by atoms with van der Waals surface area (Å²) in [6.07, 6.45) is 0. The maximum atomic E-state index is 2.42. The van der Waals surface area contributed by atoms with Gasteiger partial charge in [-0.15, -0.1) is 11.3 Å². The number of nitrogens with zero attached hydrogens (tertiary/aromatic N) is 2. The first-order chi connectivity index (χ1) is 28.3. The molecule has 0 spiro atoms. The number of hydrogen-bond acceptors (Lipinski definition) is 2. The summed E-state index contributed by atoms with van der Waals surface area (Å²) in [6, 6.07) is 79.5. The van der Waals surface area contributed by atoms with Gasteiger partial charge in [0.2, 0.25) is 0 Å². The van der Waals surface area contributed by atoms with Crippen LogP contribution in [0.15, 0.2) is 218 Å². The molecule has 2 heterocycles. The second-order valence-corrected chi connectivity index (χ2v) is 15.6. The monoisotopic (exact) mass is 744 g/mol. The van der Waals surface area contributed by atoms with E-state index >= 15 is 0 Å². The highest BCUT2D eigenvalue weighted by atomic mass is 32.1. The van der Waals surface area contributed by atoms with Crippen molar-refractivity contribution in [1.29, 1.82) is 0 Å². The normalized spacial score (nSPS) is 11.5. The maximum absolute atomic E-state index is 2.42.